The highest BCUT2D eigenvalue weighted by Crippen LogP contribution is 2.20. The van der Waals surface area contributed by atoms with E-state index in [0.717, 1.165) is 29.7 Å². The SMILES string of the molecule is O=C(C[N+]12CCN(CC1)CC2)c1ccccc1.c1ccc([B-](c2ccccc2)(c2ccccc2)c2ccccc2)cc1. The maximum Gasteiger partial charge on any atom is 0.216 e. The Balaban J connectivity index is 0.000000162. The van der Waals surface area contributed by atoms with E-state index in [-0.39, 0.29) is 0 Å². The van der Waals surface area contributed by atoms with Gasteiger partial charge >= 0.3 is 0 Å². The number of rotatable bonds is 7. The first-order valence-electron chi connectivity index (χ1n) is 15.2. The lowest BCUT2D eigenvalue weighted by molar-refractivity contribution is -0.933. The van der Waals surface area contributed by atoms with Gasteiger partial charge in [0.15, 0.2) is 0 Å². The van der Waals surface area contributed by atoms with Crippen LogP contribution in [0.25, 0.3) is 0 Å². The van der Waals surface area contributed by atoms with Crippen molar-refractivity contribution in [3.05, 3.63) is 157 Å². The topological polar surface area (TPSA) is 20.3 Å². The van der Waals surface area contributed by atoms with Crippen LogP contribution in [0.2, 0.25) is 0 Å². The smallest absolute Gasteiger partial charge is 0.216 e. The number of benzene rings is 5. The highest BCUT2D eigenvalue weighted by atomic mass is 16.1. The van der Waals surface area contributed by atoms with Crippen molar-refractivity contribution in [3.63, 3.8) is 0 Å². The van der Waals surface area contributed by atoms with E-state index in [1.54, 1.807) is 0 Å². The summed E-state index contributed by atoms with van der Waals surface area (Å²) in [5.41, 5.74) is 6.22. The summed E-state index contributed by atoms with van der Waals surface area (Å²) in [5.74, 6) is 0.306. The number of quaternary nitrogens is 1. The number of nitrogens with zero attached hydrogens (tertiary/aromatic N) is 2. The van der Waals surface area contributed by atoms with Crippen LogP contribution < -0.4 is 21.9 Å². The van der Waals surface area contributed by atoms with Crippen LogP contribution in [0.5, 0.6) is 0 Å². The predicted octanol–water partition coefficient (Wildman–Crippen LogP) is 4.08. The fraction of sp³-hybridized carbons (Fsp3) is 0.184. The molecule has 0 radical (unpaired) electrons. The van der Waals surface area contributed by atoms with Gasteiger partial charge in [0, 0.05) is 25.2 Å². The van der Waals surface area contributed by atoms with Gasteiger partial charge in [-0.3, -0.25) is 9.69 Å². The third kappa shape index (κ3) is 5.74. The van der Waals surface area contributed by atoms with Crippen molar-refractivity contribution >= 4 is 33.8 Å². The summed E-state index contributed by atoms with van der Waals surface area (Å²) < 4.78 is 1.02. The molecule has 8 rings (SSSR count). The molecule has 5 aromatic rings. The minimum absolute atomic E-state index is 0.306. The molecule has 210 valence electrons. The van der Waals surface area contributed by atoms with Gasteiger partial charge in [-0.2, -0.15) is 21.9 Å². The molecule has 0 N–H and O–H groups in total. The fourth-order valence-corrected chi connectivity index (χ4v) is 7.11. The van der Waals surface area contributed by atoms with E-state index < -0.39 is 6.15 Å². The number of Topliss-reactive ketones (excluding diaryl/α,β-unsaturated/α-hetero) is 1. The van der Waals surface area contributed by atoms with Crippen LogP contribution >= 0.6 is 0 Å². The highest BCUT2D eigenvalue weighted by molar-refractivity contribution is 7.19. The Hall–Kier alpha value is -4.25. The van der Waals surface area contributed by atoms with Crippen molar-refractivity contribution in [2.24, 2.45) is 0 Å². The molecule has 0 saturated carbocycles. The minimum atomic E-state index is -1.22. The van der Waals surface area contributed by atoms with Crippen molar-refractivity contribution in [1.82, 2.24) is 4.90 Å². The highest BCUT2D eigenvalue weighted by Gasteiger charge is 2.39. The van der Waals surface area contributed by atoms with Crippen LogP contribution in [-0.2, 0) is 0 Å². The summed E-state index contributed by atoms with van der Waals surface area (Å²) in [6.45, 7) is 7.65. The number of fused-ring (bicyclic) bond motifs is 3. The maximum absolute atomic E-state index is 12.3. The predicted molar refractivity (Wildman–Crippen MR) is 177 cm³/mol. The first-order chi connectivity index (χ1) is 20.7. The molecule has 5 aromatic carbocycles. The van der Waals surface area contributed by atoms with Crippen LogP contribution in [0.3, 0.4) is 0 Å². The molecule has 3 aliphatic heterocycles. The second-order valence-electron chi connectivity index (χ2n) is 11.8. The van der Waals surface area contributed by atoms with E-state index in [9.17, 15) is 4.79 Å². The zero-order chi connectivity index (χ0) is 28.7. The zero-order valence-electron chi connectivity index (χ0n) is 24.3. The molecule has 3 fully saturated rings. The quantitative estimate of drug-likeness (QED) is 0.173. The number of ketones is 1. The number of carbonyl (C=O) groups is 1. The van der Waals surface area contributed by atoms with E-state index >= 15 is 0 Å². The molecule has 0 aliphatic carbocycles. The lowest BCUT2D eigenvalue weighted by atomic mass is 9.13. The second-order valence-corrected chi connectivity index (χ2v) is 11.8. The first-order valence-corrected chi connectivity index (χ1v) is 15.2. The van der Waals surface area contributed by atoms with E-state index in [1.807, 2.05) is 30.3 Å². The summed E-state index contributed by atoms with van der Waals surface area (Å²) in [6.07, 6.45) is -1.22. The average molecular weight is 551 g/mol. The number of hydrogen-bond acceptors (Lipinski definition) is 2. The Labute approximate surface area is 250 Å². The van der Waals surface area contributed by atoms with Gasteiger partial charge in [-0.05, 0) is 0 Å². The summed E-state index contributed by atoms with van der Waals surface area (Å²) in [5, 5.41) is 0. The van der Waals surface area contributed by atoms with Gasteiger partial charge in [0.25, 0.3) is 0 Å². The van der Waals surface area contributed by atoms with E-state index in [2.05, 4.69) is 126 Å². The van der Waals surface area contributed by atoms with Crippen molar-refractivity contribution in [2.45, 2.75) is 0 Å². The molecule has 0 spiro atoms. The van der Waals surface area contributed by atoms with E-state index in [1.165, 1.54) is 41.5 Å². The van der Waals surface area contributed by atoms with E-state index in [0.29, 0.717) is 12.3 Å². The lowest BCUT2D eigenvalue weighted by Crippen LogP contribution is -2.74. The van der Waals surface area contributed by atoms with Crippen LogP contribution in [-0.4, -0.2) is 67.1 Å². The molecule has 2 bridgehead atoms. The molecular weight excluding hydrogens is 511 g/mol. The van der Waals surface area contributed by atoms with Crippen LogP contribution in [0, 0.1) is 0 Å². The molecular formula is C38H39BN2O. The first kappa shape index (κ1) is 27.9. The maximum atomic E-state index is 12.3. The van der Waals surface area contributed by atoms with Crippen LogP contribution in [0.15, 0.2) is 152 Å². The standard InChI is InChI=1S/C24H20B.C14H19N2O/c1-5-13-21(14-6-1)25(22-15-7-2-8-16-22,23-17-9-3-10-18-23)24-19-11-4-12-20-24;17-14(13-4-2-1-3-5-13)12-16-9-6-15(7-10-16)8-11-16/h1-20H;1-5H,6-12H2/q-1;+1. The summed E-state index contributed by atoms with van der Waals surface area (Å²) >= 11 is 0. The van der Waals surface area contributed by atoms with Gasteiger partial charge < -0.3 is 4.48 Å². The van der Waals surface area contributed by atoms with Gasteiger partial charge in [0.2, 0.25) is 5.78 Å². The molecule has 0 amide bonds. The van der Waals surface area contributed by atoms with Gasteiger partial charge in [-0.1, -0.05) is 152 Å². The van der Waals surface area contributed by atoms with Crippen molar-refractivity contribution in [2.75, 3.05) is 45.8 Å². The molecule has 0 aromatic heterocycles. The Morgan fingerprint density at radius 3 is 1.14 bits per heavy atom. The molecule has 42 heavy (non-hydrogen) atoms. The minimum Gasteiger partial charge on any atom is -0.314 e. The number of hydrogen-bond donors (Lipinski definition) is 0. The average Bonchev–Trinajstić information content (AvgIpc) is 3.08. The Kier molecular flexibility index (Phi) is 8.46. The third-order valence-corrected chi connectivity index (χ3v) is 9.44. The van der Waals surface area contributed by atoms with E-state index in [4.69, 9.17) is 0 Å². The molecule has 3 heterocycles. The van der Waals surface area contributed by atoms with Crippen molar-refractivity contribution in [1.29, 1.82) is 0 Å². The summed E-state index contributed by atoms with van der Waals surface area (Å²) in [7, 11) is 0. The van der Waals surface area contributed by atoms with Gasteiger partial charge in [-0.15, -0.1) is 0 Å². The van der Waals surface area contributed by atoms with Gasteiger partial charge in [0.05, 0.1) is 19.6 Å². The summed E-state index contributed by atoms with van der Waals surface area (Å²) in [6, 6.07) is 53.2. The second kappa shape index (κ2) is 12.7. The Morgan fingerprint density at radius 1 is 0.500 bits per heavy atom. The molecule has 4 heteroatoms. The Morgan fingerprint density at radius 2 is 0.810 bits per heavy atom. The molecule has 3 aliphatic rings. The number of carbonyl (C=O) groups excluding carboxylic acids is 1. The molecule has 0 unspecified atom stereocenters. The zero-order valence-corrected chi connectivity index (χ0v) is 24.3. The monoisotopic (exact) mass is 550 g/mol. The van der Waals surface area contributed by atoms with Crippen LogP contribution in [0.1, 0.15) is 10.4 Å². The largest absolute Gasteiger partial charge is 0.314 e. The lowest BCUT2D eigenvalue weighted by Gasteiger charge is -2.50. The Bertz CT molecular complexity index is 1380. The van der Waals surface area contributed by atoms with Crippen LogP contribution in [0.4, 0.5) is 0 Å². The molecule has 3 saturated heterocycles. The van der Waals surface area contributed by atoms with Gasteiger partial charge in [0.1, 0.15) is 12.7 Å². The third-order valence-electron chi connectivity index (χ3n) is 9.44. The van der Waals surface area contributed by atoms with Gasteiger partial charge in [-0.25, -0.2) is 0 Å². The molecule has 0 atom stereocenters. The number of piperazine rings is 3. The fourth-order valence-electron chi connectivity index (χ4n) is 7.11. The van der Waals surface area contributed by atoms with Crippen molar-refractivity contribution in [3.8, 4) is 0 Å². The summed E-state index contributed by atoms with van der Waals surface area (Å²) in [4.78, 5) is 14.8. The normalized spacial score (nSPS) is 19.4. The molecule has 3 nitrogen and oxygen atoms in total. The van der Waals surface area contributed by atoms with Crippen molar-refractivity contribution < 1.29 is 9.28 Å².